The summed E-state index contributed by atoms with van der Waals surface area (Å²) < 4.78 is 7.13. The Morgan fingerprint density at radius 2 is 2.06 bits per heavy atom. The van der Waals surface area contributed by atoms with Gasteiger partial charge in [0.05, 0.1) is 12.3 Å². The van der Waals surface area contributed by atoms with Crippen LogP contribution in [-0.2, 0) is 18.2 Å². The van der Waals surface area contributed by atoms with E-state index in [9.17, 15) is 5.11 Å². The summed E-state index contributed by atoms with van der Waals surface area (Å²) in [5, 5.41) is 14.4. The van der Waals surface area contributed by atoms with Gasteiger partial charge in [-0.25, -0.2) is 0 Å². The molecule has 18 heavy (non-hydrogen) atoms. The van der Waals surface area contributed by atoms with Crippen LogP contribution in [0.25, 0.3) is 0 Å². The van der Waals surface area contributed by atoms with Crippen molar-refractivity contribution >= 4 is 0 Å². The van der Waals surface area contributed by atoms with Crippen LogP contribution in [0.1, 0.15) is 17.2 Å². The van der Waals surface area contributed by atoms with Crippen LogP contribution in [0.3, 0.4) is 0 Å². The van der Waals surface area contributed by atoms with Gasteiger partial charge in [0.15, 0.2) is 0 Å². The quantitative estimate of drug-likeness (QED) is 0.873. The van der Waals surface area contributed by atoms with Gasteiger partial charge in [-0.05, 0) is 11.1 Å². The zero-order valence-electron chi connectivity index (χ0n) is 10.7. The summed E-state index contributed by atoms with van der Waals surface area (Å²) in [7, 11) is 3.48. The summed E-state index contributed by atoms with van der Waals surface area (Å²) in [5.74, 6) is 0. The lowest BCUT2D eigenvalue weighted by atomic mass is 10.00. The molecule has 0 saturated carbocycles. The third-order valence-electron chi connectivity index (χ3n) is 2.93. The van der Waals surface area contributed by atoms with Crippen molar-refractivity contribution < 1.29 is 9.84 Å². The number of ether oxygens (including phenoxy) is 1. The van der Waals surface area contributed by atoms with Crippen molar-refractivity contribution in [1.29, 1.82) is 0 Å². The number of benzene rings is 1. The molecule has 0 spiro atoms. The van der Waals surface area contributed by atoms with Gasteiger partial charge in [-0.3, -0.25) is 4.68 Å². The Labute approximate surface area is 107 Å². The van der Waals surface area contributed by atoms with E-state index in [-0.39, 0.29) is 6.10 Å². The number of rotatable bonds is 5. The molecule has 4 heteroatoms. The number of nitrogens with zero attached hydrogens (tertiary/aromatic N) is 2. The molecule has 96 valence electrons. The fraction of sp³-hybridized carbons (Fsp3) is 0.357. The molecule has 2 rings (SSSR count). The molecular weight excluding hydrogens is 228 g/mol. The summed E-state index contributed by atoms with van der Waals surface area (Å²) >= 11 is 0. The summed E-state index contributed by atoms with van der Waals surface area (Å²) in [5.41, 5.74) is 1.99. The molecule has 0 amide bonds. The predicted molar refractivity (Wildman–Crippen MR) is 69.1 cm³/mol. The molecule has 0 fully saturated rings. The molecule has 0 bridgehead atoms. The van der Waals surface area contributed by atoms with Gasteiger partial charge in [0.2, 0.25) is 0 Å². The largest absolute Gasteiger partial charge is 0.390 e. The smallest absolute Gasteiger partial charge is 0.108 e. The Kier molecular flexibility index (Phi) is 4.12. The Balaban J connectivity index is 2.08. The van der Waals surface area contributed by atoms with E-state index in [1.807, 2.05) is 43.6 Å². The third-order valence-corrected chi connectivity index (χ3v) is 2.93. The maximum atomic E-state index is 10.3. The molecule has 0 aliphatic rings. The van der Waals surface area contributed by atoms with Crippen molar-refractivity contribution in [2.45, 2.75) is 18.6 Å². The van der Waals surface area contributed by atoms with E-state index in [0.717, 1.165) is 11.1 Å². The minimum absolute atomic E-state index is 0.314. The second-order valence-electron chi connectivity index (χ2n) is 4.36. The van der Waals surface area contributed by atoms with Crippen molar-refractivity contribution in [3.63, 3.8) is 0 Å². The van der Waals surface area contributed by atoms with E-state index in [2.05, 4.69) is 5.10 Å². The second kappa shape index (κ2) is 5.80. The first-order valence-corrected chi connectivity index (χ1v) is 5.94. The van der Waals surface area contributed by atoms with Crippen LogP contribution in [0.5, 0.6) is 0 Å². The van der Waals surface area contributed by atoms with Gasteiger partial charge in [0.25, 0.3) is 0 Å². The number of hydrogen-bond donors (Lipinski definition) is 1. The first-order chi connectivity index (χ1) is 8.70. The molecule has 0 saturated heterocycles. The van der Waals surface area contributed by atoms with Crippen LogP contribution in [-0.4, -0.2) is 28.1 Å². The highest BCUT2D eigenvalue weighted by Gasteiger charge is 2.21. The maximum absolute atomic E-state index is 10.3. The number of aryl methyl sites for hydroxylation is 1. The molecule has 1 N–H and O–H groups in total. The number of aromatic nitrogens is 2. The van der Waals surface area contributed by atoms with Gasteiger partial charge in [-0.2, -0.15) is 5.10 Å². The molecule has 1 aromatic heterocycles. The van der Waals surface area contributed by atoms with Gasteiger partial charge in [0, 0.05) is 26.8 Å². The highest BCUT2D eigenvalue weighted by Crippen LogP contribution is 2.22. The SMILES string of the molecule is COC(c1ccccc1)C(O)Cc1cnn(C)c1. The van der Waals surface area contributed by atoms with Crippen LogP contribution in [0.15, 0.2) is 42.7 Å². The molecule has 2 atom stereocenters. The highest BCUT2D eigenvalue weighted by molar-refractivity contribution is 5.19. The zero-order chi connectivity index (χ0) is 13.0. The number of hydrogen-bond acceptors (Lipinski definition) is 3. The lowest BCUT2D eigenvalue weighted by Gasteiger charge is -2.21. The number of aliphatic hydroxyl groups excluding tert-OH is 1. The molecule has 0 aliphatic heterocycles. The third kappa shape index (κ3) is 2.97. The van der Waals surface area contributed by atoms with Crippen molar-refractivity contribution in [2.24, 2.45) is 7.05 Å². The van der Waals surface area contributed by atoms with E-state index < -0.39 is 6.10 Å². The molecule has 1 aromatic carbocycles. The standard InChI is InChI=1S/C14H18N2O2/c1-16-10-11(9-15-16)8-13(17)14(18-2)12-6-4-3-5-7-12/h3-7,9-10,13-14,17H,8H2,1-2H3. The first kappa shape index (κ1) is 12.8. The van der Waals surface area contributed by atoms with Crippen LogP contribution >= 0.6 is 0 Å². The summed E-state index contributed by atoms with van der Waals surface area (Å²) in [4.78, 5) is 0. The van der Waals surface area contributed by atoms with Crippen molar-refractivity contribution in [3.05, 3.63) is 53.9 Å². The molecule has 2 aromatic rings. The van der Waals surface area contributed by atoms with Crippen molar-refractivity contribution in [2.75, 3.05) is 7.11 Å². The predicted octanol–water partition coefficient (Wildman–Crippen LogP) is 1.71. The first-order valence-electron chi connectivity index (χ1n) is 5.94. The van der Waals surface area contributed by atoms with Crippen LogP contribution in [0, 0.1) is 0 Å². The van der Waals surface area contributed by atoms with E-state index in [0.29, 0.717) is 6.42 Å². The molecule has 0 radical (unpaired) electrons. The normalized spacial score (nSPS) is 14.4. The van der Waals surface area contributed by atoms with Gasteiger partial charge < -0.3 is 9.84 Å². The Hall–Kier alpha value is -1.65. The summed E-state index contributed by atoms with van der Waals surface area (Å²) in [6, 6.07) is 9.75. The Bertz CT molecular complexity index is 482. The highest BCUT2D eigenvalue weighted by atomic mass is 16.5. The maximum Gasteiger partial charge on any atom is 0.108 e. The van der Waals surface area contributed by atoms with E-state index >= 15 is 0 Å². The lowest BCUT2D eigenvalue weighted by molar-refractivity contribution is -0.0128. The van der Waals surface area contributed by atoms with Gasteiger partial charge >= 0.3 is 0 Å². The van der Waals surface area contributed by atoms with Gasteiger partial charge in [-0.15, -0.1) is 0 Å². The average molecular weight is 246 g/mol. The number of aliphatic hydroxyl groups is 1. The monoisotopic (exact) mass is 246 g/mol. The van der Waals surface area contributed by atoms with Crippen LogP contribution in [0.4, 0.5) is 0 Å². The van der Waals surface area contributed by atoms with E-state index in [1.165, 1.54) is 0 Å². The Morgan fingerprint density at radius 1 is 1.33 bits per heavy atom. The molecule has 4 nitrogen and oxygen atoms in total. The van der Waals surface area contributed by atoms with Gasteiger partial charge in [0.1, 0.15) is 6.10 Å². The summed E-state index contributed by atoms with van der Waals surface area (Å²) in [6.07, 6.45) is 3.30. The minimum atomic E-state index is -0.582. The molecule has 0 aliphatic carbocycles. The van der Waals surface area contributed by atoms with Gasteiger partial charge in [-0.1, -0.05) is 30.3 Å². The topological polar surface area (TPSA) is 47.3 Å². The van der Waals surface area contributed by atoms with E-state index in [1.54, 1.807) is 18.0 Å². The van der Waals surface area contributed by atoms with Crippen LogP contribution in [0.2, 0.25) is 0 Å². The van der Waals surface area contributed by atoms with E-state index in [4.69, 9.17) is 4.74 Å². The average Bonchev–Trinajstić information content (AvgIpc) is 2.77. The molecule has 1 heterocycles. The molecular formula is C14H18N2O2. The van der Waals surface area contributed by atoms with Crippen molar-refractivity contribution in [1.82, 2.24) is 9.78 Å². The fourth-order valence-corrected chi connectivity index (χ4v) is 2.08. The second-order valence-corrected chi connectivity index (χ2v) is 4.36. The lowest BCUT2D eigenvalue weighted by Crippen LogP contribution is -2.22. The fourth-order valence-electron chi connectivity index (χ4n) is 2.08. The van der Waals surface area contributed by atoms with Crippen LogP contribution < -0.4 is 0 Å². The molecule has 2 unspecified atom stereocenters. The summed E-state index contributed by atoms with van der Waals surface area (Å²) in [6.45, 7) is 0. The Morgan fingerprint density at radius 3 is 2.61 bits per heavy atom. The minimum Gasteiger partial charge on any atom is -0.390 e. The zero-order valence-corrected chi connectivity index (χ0v) is 10.7. The number of methoxy groups -OCH3 is 1. The van der Waals surface area contributed by atoms with Crippen molar-refractivity contribution in [3.8, 4) is 0 Å².